The molecule has 2 aromatic rings. The van der Waals surface area contributed by atoms with E-state index in [1.807, 2.05) is 54.6 Å². The zero-order valence-electron chi connectivity index (χ0n) is 19.1. The first-order chi connectivity index (χ1) is 14.6. The summed E-state index contributed by atoms with van der Waals surface area (Å²) in [5, 5.41) is 1.11. The number of benzene rings is 2. The summed E-state index contributed by atoms with van der Waals surface area (Å²) in [5.74, 6) is 0.380. The van der Waals surface area contributed by atoms with E-state index in [4.69, 9.17) is 14.3 Å². The van der Waals surface area contributed by atoms with Gasteiger partial charge in [0.05, 0.1) is 7.11 Å². The third-order valence-corrected chi connectivity index (χ3v) is 4.62. The zero-order valence-corrected chi connectivity index (χ0v) is 19.1. The van der Waals surface area contributed by atoms with Crippen molar-refractivity contribution in [2.75, 3.05) is 21.2 Å². The van der Waals surface area contributed by atoms with Crippen LogP contribution in [0.5, 0.6) is 5.75 Å². The van der Waals surface area contributed by atoms with Gasteiger partial charge in [0, 0.05) is 20.5 Å². The lowest BCUT2D eigenvalue weighted by Crippen LogP contribution is -2.50. The Morgan fingerprint density at radius 2 is 1.55 bits per heavy atom. The van der Waals surface area contributed by atoms with E-state index >= 15 is 0 Å². The standard InChI is InChI=1S/C24H32N2O5/c1-24(2,3)31-23(28)25(4)21(22(27)26(5)29-6)16-18-12-14-20(15-13-18)30-17-19-10-8-7-9-11-19/h7-15,21H,16-17H2,1-6H3/t21-/m0/s1. The number of carbonyl (C=O) groups is 2. The van der Waals surface area contributed by atoms with Crippen molar-refractivity contribution in [3.05, 3.63) is 65.7 Å². The van der Waals surface area contributed by atoms with Gasteiger partial charge >= 0.3 is 6.09 Å². The van der Waals surface area contributed by atoms with Crippen LogP contribution in [0.3, 0.4) is 0 Å². The predicted molar refractivity (Wildman–Crippen MR) is 118 cm³/mol. The number of carbonyl (C=O) groups excluding carboxylic acids is 2. The molecule has 0 aliphatic rings. The molecule has 0 unspecified atom stereocenters. The minimum atomic E-state index is -0.782. The molecule has 0 aliphatic heterocycles. The van der Waals surface area contributed by atoms with E-state index in [9.17, 15) is 9.59 Å². The number of hydrogen-bond donors (Lipinski definition) is 0. The molecule has 0 aromatic heterocycles. The molecule has 0 bridgehead atoms. The molecule has 0 fully saturated rings. The van der Waals surface area contributed by atoms with Crippen molar-refractivity contribution in [1.29, 1.82) is 0 Å². The van der Waals surface area contributed by atoms with Crippen LogP contribution in [-0.2, 0) is 27.4 Å². The first-order valence-corrected chi connectivity index (χ1v) is 10.1. The van der Waals surface area contributed by atoms with Gasteiger partial charge < -0.3 is 9.47 Å². The highest BCUT2D eigenvalue weighted by atomic mass is 16.7. The minimum Gasteiger partial charge on any atom is -0.489 e. The fourth-order valence-electron chi connectivity index (χ4n) is 2.84. The van der Waals surface area contributed by atoms with Gasteiger partial charge in [0.25, 0.3) is 5.91 Å². The second-order valence-corrected chi connectivity index (χ2v) is 8.25. The topological polar surface area (TPSA) is 68.3 Å². The Hall–Kier alpha value is -3.06. The molecule has 0 saturated heterocycles. The molecule has 0 saturated carbocycles. The molecule has 0 N–H and O–H groups in total. The highest BCUT2D eigenvalue weighted by Gasteiger charge is 2.32. The van der Waals surface area contributed by atoms with Crippen LogP contribution in [0.25, 0.3) is 0 Å². The lowest BCUT2D eigenvalue weighted by Gasteiger charge is -2.31. The van der Waals surface area contributed by atoms with Crippen molar-refractivity contribution in [2.24, 2.45) is 0 Å². The van der Waals surface area contributed by atoms with Gasteiger partial charge in [0.2, 0.25) is 0 Å². The van der Waals surface area contributed by atoms with Crippen molar-refractivity contribution in [3.8, 4) is 5.75 Å². The smallest absolute Gasteiger partial charge is 0.410 e. The van der Waals surface area contributed by atoms with Crippen LogP contribution >= 0.6 is 0 Å². The summed E-state index contributed by atoms with van der Waals surface area (Å²) < 4.78 is 11.2. The van der Waals surface area contributed by atoms with Crippen LogP contribution in [0.2, 0.25) is 0 Å². The molecule has 168 valence electrons. The zero-order chi connectivity index (χ0) is 23.0. The van der Waals surface area contributed by atoms with Gasteiger partial charge in [-0.2, -0.15) is 0 Å². The summed E-state index contributed by atoms with van der Waals surface area (Å²) in [5.41, 5.74) is 1.30. The van der Waals surface area contributed by atoms with Crippen molar-refractivity contribution in [3.63, 3.8) is 0 Å². The van der Waals surface area contributed by atoms with Crippen molar-refractivity contribution in [1.82, 2.24) is 9.96 Å². The fourth-order valence-corrected chi connectivity index (χ4v) is 2.84. The number of ether oxygens (including phenoxy) is 2. The molecule has 2 amide bonds. The van der Waals surface area contributed by atoms with E-state index in [1.54, 1.807) is 27.8 Å². The summed E-state index contributed by atoms with van der Waals surface area (Å²) in [4.78, 5) is 31.7. The van der Waals surface area contributed by atoms with Gasteiger partial charge in [-0.1, -0.05) is 42.5 Å². The first kappa shape index (κ1) is 24.2. The maximum absolute atomic E-state index is 12.8. The van der Waals surface area contributed by atoms with E-state index in [-0.39, 0.29) is 5.91 Å². The van der Waals surface area contributed by atoms with Gasteiger partial charge in [-0.05, 0) is 44.0 Å². The maximum Gasteiger partial charge on any atom is 0.410 e. The average molecular weight is 429 g/mol. The molecule has 0 heterocycles. The van der Waals surface area contributed by atoms with Gasteiger partial charge in [0.15, 0.2) is 0 Å². The lowest BCUT2D eigenvalue weighted by molar-refractivity contribution is -0.173. The van der Waals surface area contributed by atoms with E-state index in [0.717, 1.165) is 21.9 Å². The van der Waals surface area contributed by atoms with E-state index in [0.29, 0.717) is 13.0 Å². The molecular formula is C24H32N2O5. The summed E-state index contributed by atoms with van der Waals surface area (Å²) in [6, 6.07) is 16.6. The van der Waals surface area contributed by atoms with Crippen LogP contribution in [0, 0.1) is 0 Å². The number of hydrogen-bond acceptors (Lipinski definition) is 5. The maximum atomic E-state index is 12.8. The van der Waals surface area contributed by atoms with E-state index in [2.05, 4.69) is 0 Å². The molecule has 0 radical (unpaired) electrons. The Bertz CT molecular complexity index is 847. The summed E-state index contributed by atoms with van der Waals surface area (Å²) in [6.07, 6.45) is -0.264. The van der Waals surface area contributed by atoms with Gasteiger partial charge in [-0.3, -0.25) is 14.5 Å². The third kappa shape index (κ3) is 7.61. The number of amides is 2. The monoisotopic (exact) mass is 428 g/mol. The second kappa shape index (κ2) is 10.8. The lowest BCUT2D eigenvalue weighted by atomic mass is 10.0. The molecule has 2 rings (SSSR count). The number of nitrogens with zero attached hydrogens (tertiary/aromatic N) is 2. The number of rotatable bonds is 8. The van der Waals surface area contributed by atoms with Crippen LogP contribution < -0.4 is 4.74 Å². The van der Waals surface area contributed by atoms with Crippen LogP contribution in [-0.4, -0.2) is 54.8 Å². The minimum absolute atomic E-state index is 0.307. The average Bonchev–Trinajstić information content (AvgIpc) is 2.74. The molecular weight excluding hydrogens is 396 g/mol. The highest BCUT2D eigenvalue weighted by molar-refractivity contribution is 5.85. The summed E-state index contributed by atoms with van der Waals surface area (Å²) in [7, 11) is 4.47. The second-order valence-electron chi connectivity index (χ2n) is 8.25. The van der Waals surface area contributed by atoms with Crippen LogP contribution in [0.4, 0.5) is 4.79 Å². The predicted octanol–water partition coefficient (Wildman–Crippen LogP) is 4.06. The molecule has 0 aliphatic carbocycles. The Kier molecular flexibility index (Phi) is 8.45. The van der Waals surface area contributed by atoms with Crippen LogP contribution in [0.15, 0.2) is 54.6 Å². The van der Waals surface area contributed by atoms with Crippen LogP contribution in [0.1, 0.15) is 31.9 Å². The van der Waals surface area contributed by atoms with Crippen molar-refractivity contribution < 1.29 is 23.9 Å². The van der Waals surface area contributed by atoms with E-state index in [1.165, 1.54) is 19.1 Å². The number of hydroxylamine groups is 2. The Morgan fingerprint density at radius 1 is 0.935 bits per heavy atom. The summed E-state index contributed by atoms with van der Waals surface area (Å²) >= 11 is 0. The molecule has 1 atom stereocenters. The van der Waals surface area contributed by atoms with Gasteiger partial charge in [0.1, 0.15) is 24.0 Å². The quantitative estimate of drug-likeness (QED) is 0.593. The number of likely N-dealkylation sites (N-methyl/N-ethyl adjacent to an activating group) is 2. The Morgan fingerprint density at radius 3 is 2.10 bits per heavy atom. The molecule has 0 spiro atoms. The fraction of sp³-hybridized carbons (Fsp3) is 0.417. The van der Waals surface area contributed by atoms with Crippen molar-refractivity contribution >= 4 is 12.0 Å². The molecule has 31 heavy (non-hydrogen) atoms. The normalized spacial score (nSPS) is 12.1. The van der Waals surface area contributed by atoms with Gasteiger partial charge in [-0.15, -0.1) is 0 Å². The largest absolute Gasteiger partial charge is 0.489 e. The van der Waals surface area contributed by atoms with E-state index < -0.39 is 17.7 Å². The SMILES string of the molecule is CON(C)C(=O)[C@H](Cc1ccc(OCc2ccccc2)cc1)N(C)C(=O)OC(C)(C)C. The van der Waals surface area contributed by atoms with Gasteiger partial charge in [-0.25, -0.2) is 9.86 Å². The Labute approximate surface area is 184 Å². The molecule has 7 nitrogen and oxygen atoms in total. The Balaban J connectivity index is 2.10. The third-order valence-electron chi connectivity index (χ3n) is 4.62. The van der Waals surface area contributed by atoms with Crippen molar-refractivity contribution in [2.45, 2.75) is 45.4 Å². The first-order valence-electron chi connectivity index (χ1n) is 10.1. The molecule has 2 aromatic carbocycles. The highest BCUT2D eigenvalue weighted by Crippen LogP contribution is 2.19. The summed E-state index contributed by atoms with van der Waals surface area (Å²) in [6.45, 7) is 5.82. The molecule has 7 heteroatoms.